The normalized spacial score (nSPS) is 10.6. The lowest BCUT2D eigenvalue weighted by molar-refractivity contribution is -0.112. The average molecular weight is 439 g/mol. The molecule has 1 N–H and O–H groups in total. The fourth-order valence-electron chi connectivity index (χ4n) is 2.41. The average Bonchev–Trinajstić information content (AvgIpc) is 2.67. The number of hydrogen-bond donors (Lipinski definition) is 1. The Morgan fingerprint density at radius 1 is 1.29 bits per heavy atom. The largest absolute Gasteiger partial charge is 0.493 e. The van der Waals surface area contributed by atoms with Crippen LogP contribution in [0.2, 0.25) is 0 Å². The van der Waals surface area contributed by atoms with Crippen molar-refractivity contribution in [2.24, 2.45) is 0 Å². The number of carbonyl (C=O) groups is 1. The van der Waals surface area contributed by atoms with Gasteiger partial charge < -0.3 is 14.8 Å². The van der Waals surface area contributed by atoms with Crippen LogP contribution in [0.1, 0.15) is 16.7 Å². The van der Waals surface area contributed by atoms with E-state index in [9.17, 15) is 10.1 Å². The quantitative estimate of drug-likeness (QED) is 0.405. The molecule has 0 aliphatic rings. The van der Waals surface area contributed by atoms with Crippen molar-refractivity contribution in [1.29, 1.82) is 5.26 Å². The molecule has 0 aromatic heterocycles. The van der Waals surface area contributed by atoms with Crippen molar-refractivity contribution in [3.8, 4) is 29.9 Å². The topological polar surface area (TPSA) is 71.3 Å². The van der Waals surface area contributed by atoms with Crippen LogP contribution >= 0.6 is 15.9 Å². The number of aryl methyl sites for hydroxylation is 2. The molecule has 0 bridgehead atoms. The molecule has 0 aliphatic carbocycles. The van der Waals surface area contributed by atoms with Gasteiger partial charge in [0.2, 0.25) is 0 Å². The molecule has 2 rings (SSSR count). The molecule has 0 atom stereocenters. The van der Waals surface area contributed by atoms with Gasteiger partial charge in [0.1, 0.15) is 18.2 Å². The van der Waals surface area contributed by atoms with Crippen LogP contribution in [0, 0.1) is 37.5 Å². The van der Waals surface area contributed by atoms with Gasteiger partial charge in [-0.05, 0) is 76.8 Å². The number of nitrogens with zero attached hydrogens (tertiary/aromatic N) is 1. The Hall–Kier alpha value is -3.22. The van der Waals surface area contributed by atoms with Gasteiger partial charge in [-0.25, -0.2) is 0 Å². The molecule has 0 unspecified atom stereocenters. The van der Waals surface area contributed by atoms with Crippen LogP contribution in [0.15, 0.2) is 40.4 Å². The van der Waals surface area contributed by atoms with E-state index in [2.05, 4.69) is 27.2 Å². The van der Waals surface area contributed by atoms with Crippen molar-refractivity contribution >= 4 is 33.6 Å². The smallest absolute Gasteiger partial charge is 0.266 e. The summed E-state index contributed by atoms with van der Waals surface area (Å²) in [7, 11) is 1.50. The van der Waals surface area contributed by atoms with E-state index in [0.717, 1.165) is 11.1 Å². The number of methoxy groups -OCH3 is 1. The highest BCUT2D eigenvalue weighted by molar-refractivity contribution is 9.10. The standard InChI is InChI=1S/C22H19BrN2O3/c1-5-8-28-21-19(23)11-16(12-20(21)27-4)10-17(13-24)22(26)25-18-7-6-14(2)15(3)9-18/h1,6-7,9-12H,8H2,2-4H3,(H,25,26)/b17-10+. The zero-order chi connectivity index (χ0) is 20.7. The summed E-state index contributed by atoms with van der Waals surface area (Å²) in [5.41, 5.74) is 3.37. The maximum Gasteiger partial charge on any atom is 0.266 e. The second-order valence-electron chi connectivity index (χ2n) is 5.95. The van der Waals surface area contributed by atoms with Crippen LogP contribution in [0.3, 0.4) is 0 Å². The second kappa shape index (κ2) is 9.64. The van der Waals surface area contributed by atoms with E-state index in [0.29, 0.717) is 27.2 Å². The molecule has 0 spiro atoms. The predicted octanol–water partition coefficient (Wildman–Crippen LogP) is 4.63. The summed E-state index contributed by atoms with van der Waals surface area (Å²) in [6.07, 6.45) is 6.71. The molecule has 0 saturated heterocycles. The van der Waals surface area contributed by atoms with E-state index in [1.165, 1.54) is 13.2 Å². The molecule has 0 radical (unpaired) electrons. The summed E-state index contributed by atoms with van der Waals surface area (Å²) < 4.78 is 11.4. The van der Waals surface area contributed by atoms with Crippen molar-refractivity contribution in [2.45, 2.75) is 13.8 Å². The fraction of sp³-hybridized carbons (Fsp3) is 0.182. The van der Waals surface area contributed by atoms with Gasteiger partial charge in [-0.1, -0.05) is 12.0 Å². The number of benzene rings is 2. The molecule has 0 saturated carbocycles. The molecule has 5 nitrogen and oxygen atoms in total. The van der Waals surface area contributed by atoms with Crippen LogP contribution in [0.25, 0.3) is 6.08 Å². The molecule has 2 aromatic rings. The third kappa shape index (κ3) is 5.16. The summed E-state index contributed by atoms with van der Waals surface area (Å²) >= 11 is 3.40. The van der Waals surface area contributed by atoms with Crippen molar-refractivity contribution in [3.05, 3.63) is 57.1 Å². The van der Waals surface area contributed by atoms with Gasteiger partial charge in [-0.3, -0.25) is 4.79 Å². The molecule has 2 aromatic carbocycles. The van der Waals surface area contributed by atoms with Gasteiger partial charge in [0, 0.05) is 5.69 Å². The Morgan fingerprint density at radius 2 is 2.04 bits per heavy atom. The molecule has 0 fully saturated rings. The SMILES string of the molecule is C#CCOc1c(Br)cc(/C=C(\C#N)C(=O)Nc2ccc(C)c(C)c2)cc1OC. The monoisotopic (exact) mass is 438 g/mol. The molecule has 28 heavy (non-hydrogen) atoms. The maximum absolute atomic E-state index is 12.5. The minimum atomic E-state index is -0.492. The molecule has 6 heteroatoms. The zero-order valence-electron chi connectivity index (χ0n) is 15.8. The van der Waals surface area contributed by atoms with Crippen LogP contribution < -0.4 is 14.8 Å². The first-order chi connectivity index (χ1) is 13.4. The van der Waals surface area contributed by atoms with Crippen LogP contribution in [-0.2, 0) is 4.79 Å². The first kappa shape index (κ1) is 21.1. The Morgan fingerprint density at radius 3 is 2.64 bits per heavy atom. The third-order valence-corrected chi connectivity index (χ3v) is 4.58. The molecule has 1 amide bonds. The second-order valence-corrected chi connectivity index (χ2v) is 6.80. The lowest BCUT2D eigenvalue weighted by Crippen LogP contribution is -2.13. The highest BCUT2D eigenvalue weighted by Gasteiger charge is 2.14. The van der Waals surface area contributed by atoms with E-state index in [4.69, 9.17) is 15.9 Å². The van der Waals surface area contributed by atoms with Crippen molar-refractivity contribution < 1.29 is 14.3 Å². The first-order valence-corrected chi connectivity index (χ1v) is 9.13. The van der Waals surface area contributed by atoms with Gasteiger partial charge in [0.25, 0.3) is 5.91 Å². The van der Waals surface area contributed by atoms with E-state index < -0.39 is 5.91 Å². The Balaban J connectivity index is 2.31. The Bertz CT molecular complexity index is 1010. The lowest BCUT2D eigenvalue weighted by atomic mass is 10.1. The van der Waals surface area contributed by atoms with Gasteiger partial charge in [-0.2, -0.15) is 5.26 Å². The van der Waals surface area contributed by atoms with Gasteiger partial charge in [-0.15, -0.1) is 6.42 Å². The zero-order valence-corrected chi connectivity index (χ0v) is 17.4. The number of amides is 1. The van der Waals surface area contributed by atoms with E-state index >= 15 is 0 Å². The summed E-state index contributed by atoms with van der Waals surface area (Å²) in [6.45, 7) is 4.04. The summed E-state index contributed by atoms with van der Waals surface area (Å²) in [4.78, 5) is 12.5. The molecule has 0 heterocycles. The summed E-state index contributed by atoms with van der Waals surface area (Å²) in [5, 5.41) is 12.2. The van der Waals surface area contributed by atoms with Crippen LogP contribution in [-0.4, -0.2) is 19.6 Å². The number of ether oxygens (including phenoxy) is 2. The molecule has 0 aliphatic heterocycles. The summed E-state index contributed by atoms with van der Waals surface area (Å²) in [5.74, 6) is 2.78. The highest BCUT2D eigenvalue weighted by atomic mass is 79.9. The number of halogens is 1. The lowest BCUT2D eigenvalue weighted by Gasteiger charge is -2.12. The highest BCUT2D eigenvalue weighted by Crippen LogP contribution is 2.37. The van der Waals surface area contributed by atoms with E-state index in [-0.39, 0.29) is 12.2 Å². The minimum Gasteiger partial charge on any atom is -0.493 e. The van der Waals surface area contributed by atoms with Gasteiger partial charge in [0.15, 0.2) is 11.5 Å². The number of rotatable bonds is 6. The molecule has 142 valence electrons. The van der Waals surface area contributed by atoms with Crippen molar-refractivity contribution in [1.82, 2.24) is 0 Å². The van der Waals surface area contributed by atoms with Crippen LogP contribution in [0.4, 0.5) is 5.69 Å². The Labute approximate surface area is 173 Å². The van der Waals surface area contributed by atoms with Gasteiger partial charge >= 0.3 is 0 Å². The number of carbonyl (C=O) groups excluding carboxylic acids is 1. The molecular weight excluding hydrogens is 420 g/mol. The van der Waals surface area contributed by atoms with Crippen LogP contribution in [0.5, 0.6) is 11.5 Å². The number of hydrogen-bond acceptors (Lipinski definition) is 4. The number of anilines is 1. The molecular formula is C22H19BrN2O3. The third-order valence-electron chi connectivity index (χ3n) is 3.99. The number of nitriles is 1. The number of terminal acetylenes is 1. The fourth-order valence-corrected chi connectivity index (χ4v) is 2.98. The van der Waals surface area contributed by atoms with E-state index in [1.54, 1.807) is 18.2 Å². The predicted molar refractivity (Wildman–Crippen MR) is 113 cm³/mol. The Kier molecular flexibility index (Phi) is 7.26. The number of nitrogens with one attached hydrogen (secondary N) is 1. The summed E-state index contributed by atoms with van der Waals surface area (Å²) in [6, 6.07) is 10.9. The maximum atomic E-state index is 12.5. The van der Waals surface area contributed by atoms with E-state index in [1.807, 2.05) is 32.0 Å². The van der Waals surface area contributed by atoms with Crippen molar-refractivity contribution in [2.75, 3.05) is 19.0 Å². The first-order valence-electron chi connectivity index (χ1n) is 8.33. The minimum absolute atomic E-state index is 0.0375. The van der Waals surface area contributed by atoms with Gasteiger partial charge in [0.05, 0.1) is 11.6 Å². The van der Waals surface area contributed by atoms with Crippen molar-refractivity contribution in [3.63, 3.8) is 0 Å².